The molecule has 0 bridgehead atoms. The summed E-state index contributed by atoms with van der Waals surface area (Å²) in [5.41, 5.74) is 8.43. The van der Waals surface area contributed by atoms with Gasteiger partial charge in [-0.1, -0.05) is 60.7 Å². The third-order valence-corrected chi connectivity index (χ3v) is 3.16. The van der Waals surface area contributed by atoms with Crippen molar-refractivity contribution < 1.29 is 4.79 Å². The number of nitrogens with zero attached hydrogens (tertiary/aromatic N) is 3. The van der Waals surface area contributed by atoms with Crippen molar-refractivity contribution in [1.29, 1.82) is 0 Å². The molecule has 0 fully saturated rings. The molecule has 0 aliphatic rings. The Hall–Kier alpha value is -3.08. The SMILES string of the molecule is NC(=O)Cc1nnc(-c2ccccc2)c(-c2ccccc2)n1. The quantitative estimate of drug-likeness (QED) is 0.799. The van der Waals surface area contributed by atoms with Gasteiger partial charge >= 0.3 is 0 Å². The molecule has 0 aliphatic heterocycles. The minimum absolute atomic E-state index is 0.0259. The Balaban J connectivity index is 2.15. The van der Waals surface area contributed by atoms with Crippen molar-refractivity contribution in [2.45, 2.75) is 6.42 Å². The van der Waals surface area contributed by atoms with Crippen molar-refractivity contribution in [3.8, 4) is 22.5 Å². The second-order valence-electron chi connectivity index (χ2n) is 4.80. The number of nitrogens with two attached hydrogens (primary N) is 1. The highest BCUT2D eigenvalue weighted by molar-refractivity contribution is 5.79. The van der Waals surface area contributed by atoms with E-state index in [0.29, 0.717) is 17.2 Å². The summed E-state index contributed by atoms with van der Waals surface area (Å²) in [7, 11) is 0. The van der Waals surface area contributed by atoms with Gasteiger partial charge in [0.15, 0.2) is 5.82 Å². The molecule has 5 nitrogen and oxygen atoms in total. The first-order valence-electron chi connectivity index (χ1n) is 6.87. The molecule has 1 amide bonds. The van der Waals surface area contributed by atoms with Gasteiger partial charge in [0.25, 0.3) is 0 Å². The van der Waals surface area contributed by atoms with Crippen molar-refractivity contribution in [2.75, 3.05) is 0 Å². The van der Waals surface area contributed by atoms with Crippen LogP contribution in [0, 0.1) is 0 Å². The number of amides is 1. The van der Waals surface area contributed by atoms with Gasteiger partial charge in [-0.25, -0.2) is 4.98 Å². The fourth-order valence-corrected chi connectivity index (χ4v) is 2.18. The van der Waals surface area contributed by atoms with Crippen LogP contribution in [0.2, 0.25) is 0 Å². The summed E-state index contributed by atoms with van der Waals surface area (Å²) in [6.45, 7) is 0. The van der Waals surface area contributed by atoms with Crippen LogP contribution in [-0.4, -0.2) is 21.1 Å². The highest BCUT2D eigenvalue weighted by atomic mass is 16.1. The summed E-state index contributed by atoms with van der Waals surface area (Å²) in [5.74, 6) is -0.153. The van der Waals surface area contributed by atoms with Gasteiger partial charge in [0.2, 0.25) is 5.91 Å². The zero-order valence-electron chi connectivity index (χ0n) is 11.8. The van der Waals surface area contributed by atoms with E-state index in [-0.39, 0.29) is 6.42 Å². The van der Waals surface area contributed by atoms with Gasteiger partial charge in [0, 0.05) is 11.1 Å². The Morgan fingerprint density at radius 3 is 1.91 bits per heavy atom. The van der Waals surface area contributed by atoms with Crippen LogP contribution >= 0.6 is 0 Å². The first kappa shape index (κ1) is 13.9. The second kappa shape index (κ2) is 6.13. The van der Waals surface area contributed by atoms with E-state index in [2.05, 4.69) is 15.2 Å². The van der Waals surface area contributed by atoms with Gasteiger partial charge in [0.1, 0.15) is 11.4 Å². The minimum atomic E-state index is -0.478. The summed E-state index contributed by atoms with van der Waals surface area (Å²) in [6.07, 6.45) is -0.0259. The fraction of sp³-hybridized carbons (Fsp3) is 0.0588. The first-order valence-corrected chi connectivity index (χ1v) is 6.87. The van der Waals surface area contributed by atoms with Crippen LogP contribution in [0.5, 0.6) is 0 Å². The topological polar surface area (TPSA) is 81.8 Å². The number of rotatable bonds is 4. The van der Waals surface area contributed by atoms with Gasteiger partial charge in [-0.15, -0.1) is 10.2 Å². The van der Waals surface area contributed by atoms with E-state index in [9.17, 15) is 4.79 Å². The molecule has 3 aromatic rings. The van der Waals surface area contributed by atoms with Crippen LogP contribution in [0.25, 0.3) is 22.5 Å². The fourth-order valence-electron chi connectivity index (χ4n) is 2.18. The molecular weight excluding hydrogens is 276 g/mol. The van der Waals surface area contributed by atoms with E-state index in [1.54, 1.807) is 0 Å². The molecule has 2 N–H and O–H groups in total. The lowest BCUT2D eigenvalue weighted by Gasteiger charge is -2.09. The monoisotopic (exact) mass is 290 g/mol. The van der Waals surface area contributed by atoms with Crippen LogP contribution in [0.3, 0.4) is 0 Å². The normalized spacial score (nSPS) is 10.4. The third-order valence-electron chi connectivity index (χ3n) is 3.16. The zero-order valence-corrected chi connectivity index (χ0v) is 11.8. The zero-order chi connectivity index (χ0) is 15.4. The van der Waals surface area contributed by atoms with Crippen molar-refractivity contribution in [3.63, 3.8) is 0 Å². The number of carbonyl (C=O) groups excluding carboxylic acids is 1. The van der Waals surface area contributed by atoms with Crippen LogP contribution in [0.4, 0.5) is 0 Å². The van der Waals surface area contributed by atoms with Crippen molar-refractivity contribution in [3.05, 3.63) is 66.5 Å². The lowest BCUT2D eigenvalue weighted by molar-refractivity contribution is -0.117. The Morgan fingerprint density at radius 2 is 1.36 bits per heavy atom. The molecule has 1 heterocycles. The maximum atomic E-state index is 11.1. The predicted octanol–water partition coefficient (Wildman–Crippen LogP) is 2.23. The van der Waals surface area contributed by atoms with Crippen molar-refractivity contribution in [1.82, 2.24) is 15.2 Å². The number of hydrogen-bond acceptors (Lipinski definition) is 4. The molecule has 108 valence electrons. The summed E-state index contributed by atoms with van der Waals surface area (Å²) in [4.78, 5) is 15.6. The van der Waals surface area contributed by atoms with Crippen LogP contribution in [0.1, 0.15) is 5.82 Å². The number of carbonyl (C=O) groups is 1. The molecule has 0 unspecified atom stereocenters. The molecule has 0 radical (unpaired) electrons. The Bertz CT molecular complexity index is 788. The maximum absolute atomic E-state index is 11.1. The number of benzene rings is 2. The molecule has 0 atom stereocenters. The smallest absolute Gasteiger partial charge is 0.225 e. The molecule has 0 spiro atoms. The van der Waals surface area contributed by atoms with E-state index in [0.717, 1.165) is 11.1 Å². The van der Waals surface area contributed by atoms with E-state index < -0.39 is 5.91 Å². The molecule has 0 aliphatic carbocycles. The predicted molar refractivity (Wildman–Crippen MR) is 83.6 cm³/mol. The van der Waals surface area contributed by atoms with Gasteiger partial charge in [0.05, 0.1) is 6.42 Å². The number of aromatic nitrogens is 3. The highest BCUT2D eigenvalue weighted by Gasteiger charge is 2.14. The first-order chi connectivity index (χ1) is 10.7. The minimum Gasteiger partial charge on any atom is -0.369 e. The standard InChI is InChI=1S/C17H14N4O/c18-14(22)11-15-19-16(12-7-3-1-4-8-12)17(21-20-15)13-9-5-2-6-10-13/h1-10H,11H2,(H2,18,22). The van der Waals surface area contributed by atoms with E-state index >= 15 is 0 Å². The van der Waals surface area contributed by atoms with Gasteiger partial charge < -0.3 is 5.73 Å². The third kappa shape index (κ3) is 2.98. The summed E-state index contributed by atoms with van der Waals surface area (Å²) in [5, 5.41) is 8.28. The summed E-state index contributed by atoms with van der Waals surface area (Å²) >= 11 is 0. The second-order valence-corrected chi connectivity index (χ2v) is 4.80. The summed E-state index contributed by atoms with van der Waals surface area (Å²) in [6, 6.07) is 19.4. The van der Waals surface area contributed by atoms with Gasteiger partial charge in [-0.3, -0.25) is 4.79 Å². The van der Waals surface area contributed by atoms with Crippen molar-refractivity contribution in [2.24, 2.45) is 5.73 Å². The Kier molecular flexibility index (Phi) is 3.87. The van der Waals surface area contributed by atoms with E-state index in [1.165, 1.54) is 0 Å². The molecule has 1 aromatic heterocycles. The van der Waals surface area contributed by atoms with E-state index in [4.69, 9.17) is 5.73 Å². The van der Waals surface area contributed by atoms with E-state index in [1.807, 2.05) is 60.7 Å². The maximum Gasteiger partial charge on any atom is 0.225 e. The molecule has 0 saturated heterocycles. The average molecular weight is 290 g/mol. The van der Waals surface area contributed by atoms with Gasteiger partial charge in [-0.05, 0) is 0 Å². The van der Waals surface area contributed by atoms with Crippen LogP contribution in [0.15, 0.2) is 60.7 Å². The molecule has 2 aromatic carbocycles. The van der Waals surface area contributed by atoms with Crippen LogP contribution < -0.4 is 5.73 Å². The largest absolute Gasteiger partial charge is 0.369 e. The van der Waals surface area contributed by atoms with Crippen LogP contribution in [-0.2, 0) is 11.2 Å². The number of hydrogen-bond donors (Lipinski definition) is 1. The highest BCUT2D eigenvalue weighted by Crippen LogP contribution is 2.27. The molecule has 0 saturated carbocycles. The Labute approximate surface area is 127 Å². The summed E-state index contributed by atoms with van der Waals surface area (Å²) < 4.78 is 0. The molecule has 22 heavy (non-hydrogen) atoms. The lowest BCUT2D eigenvalue weighted by atomic mass is 10.0. The molecule has 3 rings (SSSR count). The van der Waals surface area contributed by atoms with Crippen molar-refractivity contribution >= 4 is 5.91 Å². The van der Waals surface area contributed by atoms with Gasteiger partial charge in [-0.2, -0.15) is 0 Å². The lowest BCUT2D eigenvalue weighted by Crippen LogP contribution is -2.16. The molecule has 5 heteroatoms. The Morgan fingerprint density at radius 1 is 0.818 bits per heavy atom. The average Bonchev–Trinajstić information content (AvgIpc) is 2.56. The molecular formula is C17H14N4O. The number of primary amides is 1.